The molecule has 3 N–H and O–H groups in total. The summed E-state index contributed by atoms with van der Waals surface area (Å²) in [5.41, 5.74) is 0. The quantitative estimate of drug-likeness (QED) is 0.0883. The molecular formula is C36H51NO12. The highest BCUT2D eigenvalue weighted by atomic mass is 16.6. The van der Waals surface area contributed by atoms with Crippen molar-refractivity contribution in [3.63, 3.8) is 0 Å². The normalized spacial score (nSPS) is 11.0. The van der Waals surface area contributed by atoms with Crippen molar-refractivity contribution in [1.29, 1.82) is 0 Å². The van der Waals surface area contributed by atoms with E-state index >= 15 is 0 Å². The van der Waals surface area contributed by atoms with Gasteiger partial charge in [-0.3, -0.25) is 4.90 Å². The first-order valence-corrected chi connectivity index (χ1v) is 16.6. The standard InChI is InChI=1S/C36H51NO12/c38-16-22-41-25-28-47-34-10-4-1-7-31(34)44-19-13-37(14-20-45-32-8-2-5-11-35(32)48-29-26-42-23-17-39)15-21-46-33-9-3-6-12-36(33)49-30-27-43-24-18-40/h1-12,38-40H,13-30H2. The van der Waals surface area contributed by atoms with Crippen LogP contribution in [0.5, 0.6) is 34.5 Å². The molecule has 0 aliphatic carbocycles. The SMILES string of the molecule is OCCOCCOc1ccccc1OCCN(CCOc1ccccc1OCCOCCO)CCOc1ccccc1OCCOCCO. The number of aliphatic hydroxyl groups excluding tert-OH is 3. The molecule has 0 spiro atoms. The summed E-state index contributed by atoms with van der Waals surface area (Å²) in [6.07, 6.45) is 0. The lowest BCUT2D eigenvalue weighted by Gasteiger charge is -2.23. The van der Waals surface area contributed by atoms with Crippen LogP contribution in [0.1, 0.15) is 0 Å². The number of nitrogens with zero attached hydrogens (tertiary/aromatic N) is 1. The van der Waals surface area contributed by atoms with Crippen molar-refractivity contribution in [2.75, 3.05) is 119 Å². The van der Waals surface area contributed by atoms with Gasteiger partial charge in [-0.2, -0.15) is 0 Å². The van der Waals surface area contributed by atoms with Crippen LogP contribution in [0.2, 0.25) is 0 Å². The van der Waals surface area contributed by atoms with Gasteiger partial charge in [0.15, 0.2) is 34.5 Å². The molecule has 13 heteroatoms. The van der Waals surface area contributed by atoms with Gasteiger partial charge >= 0.3 is 0 Å². The summed E-state index contributed by atoms with van der Waals surface area (Å²) in [6, 6.07) is 22.4. The average molecular weight is 690 g/mol. The van der Waals surface area contributed by atoms with Crippen molar-refractivity contribution in [2.45, 2.75) is 0 Å². The summed E-state index contributed by atoms with van der Waals surface area (Å²) in [7, 11) is 0. The lowest BCUT2D eigenvalue weighted by molar-refractivity contribution is 0.0690. The molecule has 0 saturated carbocycles. The minimum atomic E-state index is -0.0318. The fourth-order valence-corrected chi connectivity index (χ4v) is 4.39. The van der Waals surface area contributed by atoms with Crippen molar-refractivity contribution in [3.8, 4) is 34.5 Å². The first-order chi connectivity index (χ1) is 24.2. The van der Waals surface area contributed by atoms with Gasteiger partial charge in [0.25, 0.3) is 0 Å². The van der Waals surface area contributed by atoms with E-state index in [-0.39, 0.29) is 39.6 Å². The van der Waals surface area contributed by atoms with Crippen LogP contribution in [-0.4, -0.2) is 139 Å². The fourth-order valence-electron chi connectivity index (χ4n) is 4.39. The second kappa shape index (κ2) is 26.1. The maximum Gasteiger partial charge on any atom is 0.161 e. The molecule has 0 fully saturated rings. The zero-order chi connectivity index (χ0) is 34.6. The summed E-state index contributed by atoms with van der Waals surface area (Å²) in [6.45, 7) is 5.72. The average Bonchev–Trinajstić information content (AvgIpc) is 3.13. The summed E-state index contributed by atoms with van der Waals surface area (Å²) >= 11 is 0. The van der Waals surface area contributed by atoms with Crippen LogP contribution in [-0.2, 0) is 14.2 Å². The van der Waals surface area contributed by atoms with Gasteiger partial charge in [-0.15, -0.1) is 0 Å². The number of hydrogen-bond acceptors (Lipinski definition) is 13. The highest BCUT2D eigenvalue weighted by molar-refractivity contribution is 5.40. The summed E-state index contributed by atoms with van der Waals surface area (Å²) in [4.78, 5) is 2.19. The van der Waals surface area contributed by atoms with Crippen molar-refractivity contribution >= 4 is 0 Å². The number of hydrogen-bond donors (Lipinski definition) is 3. The molecule has 13 nitrogen and oxygen atoms in total. The molecule has 0 radical (unpaired) electrons. The highest BCUT2D eigenvalue weighted by Crippen LogP contribution is 2.28. The molecular weight excluding hydrogens is 638 g/mol. The van der Waals surface area contributed by atoms with Crippen molar-refractivity contribution < 1.29 is 58.0 Å². The van der Waals surface area contributed by atoms with Crippen molar-refractivity contribution in [3.05, 3.63) is 72.8 Å². The molecule has 0 bridgehead atoms. The van der Waals surface area contributed by atoms with Gasteiger partial charge in [-0.1, -0.05) is 36.4 Å². The molecule has 0 atom stereocenters. The largest absolute Gasteiger partial charge is 0.488 e. The van der Waals surface area contributed by atoms with E-state index in [0.717, 1.165) is 0 Å². The Morgan fingerprint density at radius 3 is 0.816 bits per heavy atom. The van der Waals surface area contributed by atoms with Crippen LogP contribution in [0.4, 0.5) is 0 Å². The lowest BCUT2D eigenvalue weighted by Crippen LogP contribution is -2.35. The second-order valence-electron chi connectivity index (χ2n) is 10.3. The first kappa shape index (κ1) is 39.6. The van der Waals surface area contributed by atoms with E-state index in [0.29, 0.717) is 114 Å². The Balaban J connectivity index is 1.56. The van der Waals surface area contributed by atoms with E-state index in [9.17, 15) is 0 Å². The number of ether oxygens (including phenoxy) is 9. The molecule has 0 unspecified atom stereocenters. The topological polar surface area (TPSA) is 147 Å². The maximum atomic E-state index is 8.89. The van der Waals surface area contributed by atoms with Crippen molar-refractivity contribution in [2.24, 2.45) is 0 Å². The maximum absolute atomic E-state index is 8.89. The Morgan fingerprint density at radius 2 is 0.571 bits per heavy atom. The van der Waals surface area contributed by atoms with E-state index in [4.69, 9.17) is 58.0 Å². The van der Waals surface area contributed by atoms with Gasteiger partial charge in [0.1, 0.15) is 39.6 Å². The Labute approximate surface area is 288 Å². The molecule has 3 aromatic rings. The third-order valence-corrected chi connectivity index (χ3v) is 6.71. The number of para-hydroxylation sites is 6. The molecule has 0 aliphatic heterocycles. The highest BCUT2D eigenvalue weighted by Gasteiger charge is 2.12. The van der Waals surface area contributed by atoms with Crippen LogP contribution < -0.4 is 28.4 Å². The van der Waals surface area contributed by atoms with Gasteiger partial charge in [0.2, 0.25) is 0 Å². The number of rotatable bonds is 30. The van der Waals surface area contributed by atoms with Crippen LogP contribution in [0.3, 0.4) is 0 Å². The van der Waals surface area contributed by atoms with Gasteiger partial charge in [0.05, 0.1) is 59.5 Å². The van der Waals surface area contributed by atoms with Gasteiger partial charge in [0, 0.05) is 19.6 Å². The molecule has 0 amide bonds. The monoisotopic (exact) mass is 689 g/mol. The summed E-state index contributed by atoms with van der Waals surface area (Å²) < 4.78 is 51.8. The zero-order valence-corrected chi connectivity index (χ0v) is 28.1. The molecule has 3 aromatic carbocycles. The molecule has 0 aromatic heterocycles. The van der Waals surface area contributed by atoms with E-state index in [1.165, 1.54) is 0 Å². The van der Waals surface area contributed by atoms with E-state index < -0.39 is 0 Å². The zero-order valence-electron chi connectivity index (χ0n) is 28.1. The number of aliphatic hydroxyl groups is 3. The molecule has 0 heterocycles. The third kappa shape index (κ3) is 16.9. The number of benzene rings is 3. The van der Waals surface area contributed by atoms with Crippen LogP contribution in [0.25, 0.3) is 0 Å². The lowest BCUT2D eigenvalue weighted by atomic mass is 10.3. The van der Waals surface area contributed by atoms with E-state index in [2.05, 4.69) is 4.90 Å². The van der Waals surface area contributed by atoms with Crippen LogP contribution in [0, 0.1) is 0 Å². The molecule has 0 aliphatic rings. The Bertz CT molecular complexity index is 1100. The summed E-state index contributed by atoms with van der Waals surface area (Å²) in [5, 5.41) is 26.7. The van der Waals surface area contributed by atoms with Crippen LogP contribution in [0.15, 0.2) is 72.8 Å². The first-order valence-electron chi connectivity index (χ1n) is 16.6. The predicted molar refractivity (Wildman–Crippen MR) is 182 cm³/mol. The Hall–Kier alpha value is -3.82. The summed E-state index contributed by atoms with van der Waals surface area (Å²) in [5.74, 6) is 3.72. The van der Waals surface area contributed by atoms with E-state index in [1.807, 2.05) is 72.8 Å². The Morgan fingerprint density at radius 1 is 0.327 bits per heavy atom. The van der Waals surface area contributed by atoms with Gasteiger partial charge in [-0.25, -0.2) is 0 Å². The van der Waals surface area contributed by atoms with Crippen molar-refractivity contribution in [1.82, 2.24) is 4.90 Å². The Kier molecular flexibility index (Phi) is 21.1. The molecule has 49 heavy (non-hydrogen) atoms. The molecule has 272 valence electrons. The van der Waals surface area contributed by atoms with Gasteiger partial charge in [-0.05, 0) is 36.4 Å². The second-order valence-corrected chi connectivity index (χ2v) is 10.3. The minimum absolute atomic E-state index is 0.0318. The minimum Gasteiger partial charge on any atom is -0.488 e. The fraction of sp³-hybridized carbons (Fsp3) is 0.500. The third-order valence-electron chi connectivity index (χ3n) is 6.71. The predicted octanol–water partition coefficient (Wildman–Crippen LogP) is 2.69. The molecule has 3 rings (SSSR count). The van der Waals surface area contributed by atoms with Gasteiger partial charge < -0.3 is 58.0 Å². The van der Waals surface area contributed by atoms with E-state index in [1.54, 1.807) is 0 Å². The molecule has 0 saturated heterocycles. The van der Waals surface area contributed by atoms with Crippen LogP contribution >= 0.6 is 0 Å². The smallest absolute Gasteiger partial charge is 0.161 e.